The van der Waals surface area contributed by atoms with Gasteiger partial charge >= 0.3 is 5.97 Å². The standard InChI is InChI=1S/C35H36FN7O4S2/c1-21-24-18-23(14-16-44)20-43(32(24)41-40-31(21)39-34-37-26-9-4-5-10-28(26)48-34)35-38-30(33(45)46)29(49-35)11-7-17-47-27-13-12-22(19-25(27)36)8-6-15-42(2)3/h4-5,9-10,12-13,19,23,44H,7,11,14-18,20H2,1-3H3,(H,45,46)(H,37,39,40)/t23-/m0/s1. The topological polar surface area (TPSA) is 137 Å². The Morgan fingerprint density at radius 1 is 1.18 bits per heavy atom. The van der Waals surface area contributed by atoms with Crippen molar-refractivity contribution in [3.05, 3.63) is 75.5 Å². The fraction of sp³-hybridized carbons (Fsp3) is 0.343. The molecule has 0 spiro atoms. The SMILES string of the molecule is Cc1c(Nc2nc3ccccc3s2)nnc2c1C[C@H](CCO)CN2c1nc(C(=O)O)c(CCCOc2ccc(C#CCN(C)C)cc2F)s1. The number of nitrogens with zero attached hydrogens (tertiary/aromatic N) is 6. The van der Waals surface area contributed by atoms with E-state index in [1.165, 1.54) is 28.7 Å². The van der Waals surface area contributed by atoms with Gasteiger partial charge in [0.1, 0.15) is 0 Å². The lowest BCUT2D eigenvalue weighted by Crippen LogP contribution is -2.34. The van der Waals surface area contributed by atoms with Gasteiger partial charge in [0.25, 0.3) is 0 Å². The largest absolute Gasteiger partial charge is 0.491 e. The number of carboxylic acid groups (broad SMARTS) is 1. The molecule has 4 heterocycles. The van der Waals surface area contributed by atoms with Crippen LogP contribution in [0.25, 0.3) is 10.2 Å². The van der Waals surface area contributed by atoms with E-state index >= 15 is 0 Å². The summed E-state index contributed by atoms with van der Waals surface area (Å²) in [6.45, 7) is 3.28. The highest BCUT2D eigenvalue weighted by Crippen LogP contribution is 2.41. The van der Waals surface area contributed by atoms with Crippen molar-refractivity contribution in [3.8, 4) is 17.6 Å². The molecule has 3 aromatic heterocycles. The van der Waals surface area contributed by atoms with Crippen LogP contribution in [0.2, 0.25) is 0 Å². The van der Waals surface area contributed by atoms with Crippen molar-refractivity contribution in [1.29, 1.82) is 0 Å². The van der Waals surface area contributed by atoms with E-state index in [1.807, 2.05) is 55.1 Å². The number of carbonyl (C=O) groups is 1. The Kier molecular flexibility index (Phi) is 10.6. The van der Waals surface area contributed by atoms with Gasteiger partial charge in [-0.1, -0.05) is 35.3 Å². The maximum Gasteiger partial charge on any atom is 0.355 e. The fourth-order valence-corrected chi connectivity index (χ4v) is 7.56. The predicted octanol–water partition coefficient (Wildman–Crippen LogP) is 6.05. The zero-order valence-corrected chi connectivity index (χ0v) is 29.0. The first-order valence-electron chi connectivity index (χ1n) is 15.9. The van der Waals surface area contributed by atoms with Crippen molar-refractivity contribution < 1.29 is 24.1 Å². The van der Waals surface area contributed by atoms with Gasteiger partial charge in [-0.3, -0.25) is 4.90 Å². The highest BCUT2D eigenvalue weighted by atomic mass is 32.1. The van der Waals surface area contributed by atoms with Gasteiger partial charge in [0.2, 0.25) is 0 Å². The number of halogens is 1. The quantitative estimate of drug-likeness (QED) is 0.104. The Labute approximate surface area is 291 Å². The third kappa shape index (κ3) is 7.97. The molecular weight excluding hydrogens is 666 g/mol. The van der Waals surface area contributed by atoms with Crippen molar-refractivity contribution in [2.45, 2.75) is 32.6 Å². The normalized spacial score (nSPS) is 14.1. The van der Waals surface area contributed by atoms with E-state index in [-0.39, 0.29) is 30.6 Å². The molecule has 5 aromatic rings. The molecule has 1 aliphatic heterocycles. The van der Waals surface area contributed by atoms with E-state index in [2.05, 4.69) is 37.3 Å². The van der Waals surface area contributed by atoms with Crippen LogP contribution in [0.15, 0.2) is 42.5 Å². The van der Waals surface area contributed by atoms with Crippen LogP contribution in [0, 0.1) is 30.5 Å². The second-order valence-electron chi connectivity index (χ2n) is 12.0. The van der Waals surface area contributed by atoms with E-state index in [9.17, 15) is 19.4 Å². The maximum absolute atomic E-state index is 14.7. The van der Waals surface area contributed by atoms with Crippen LogP contribution in [-0.4, -0.2) is 81.6 Å². The number of carboxylic acids is 1. The molecule has 0 aliphatic carbocycles. The highest BCUT2D eigenvalue weighted by molar-refractivity contribution is 7.22. The number of rotatable bonds is 12. The summed E-state index contributed by atoms with van der Waals surface area (Å²) in [6, 6.07) is 12.5. The second-order valence-corrected chi connectivity index (χ2v) is 14.1. The van der Waals surface area contributed by atoms with Crippen LogP contribution in [-0.2, 0) is 12.8 Å². The number of hydrogen-bond donors (Lipinski definition) is 3. The Morgan fingerprint density at radius 2 is 2.02 bits per heavy atom. The molecule has 0 radical (unpaired) electrons. The zero-order valence-electron chi connectivity index (χ0n) is 27.4. The van der Waals surface area contributed by atoms with Crippen molar-refractivity contribution >= 4 is 60.8 Å². The summed E-state index contributed by atoms with van der Waals surface area (Å²) in [5.74, 6) is 5.71. The summed E-state index contributed by atoms with van der Waals surface area (Å²) >= 11 is 2.82. The van der Waals surface area contributed by atoms with E-state index in [0.717, 1.165) is 21.3 Å². The number of fused-ring (bicyclic) bond motifs is 2. The summed E-state index contributed by atoms with van der Waals surface area (Å²) in [6.07, 6.45) is 2.09. The van der Waals surface area contributed by atoms with Gasteiger partial charge in [0.15, 0.2) is 39.2 Å². The second kappa shape index (κ2) is 15.3. The third-order valence-electron chi connectivity index (χ3n) is 8.05. The Hall–Kier alpha value is -4.68. The first-order valence-corrected chi connectivity index (χ1v) is 17.5. The number of ether oxygens (including phenoxy) is 1. The van der Waals surface area contributed by atoms with Crippen LogP contribution in [0.3, 0.4) is 0 Å². The number of aliphatic hydroxyl groups is 1. The molecule has 0 fully saturated rings. The summed E-state index contributed by atoms with van der Waals surface area (Å²) < 4.78 is 21.4. The molecule has 254 valence electrons. The summed E-state index contributed by atoms with van der Waals surface area (Å²) in [4.78, 5) is 25.9. The summed E-state index contributed by atoms with van der Waals surface area (Å²) in [5.41, 5.74) is 3.30. The predicted molar refractivity (Wildman–Crippen MR) is 190 cm³/mol. The van der Waals surface area contributed by atoms with Crippen LogP contribution in [0.5, 0.6) is 5.75 Å². The minimum atomic E-state index is -1.13. The molecule has 6 rings (SSSR count). The van der Waals surface area contributed by atoms with E-state index in [0.29, 0.717) is 71.1 Å². The van der Waals surface area contributed by atoms with Crippen LogP contribution in [0.1, 0.15) is 44.9 Å². The first kappa shape index (κ1) is 34.2. The Morgan fingerprint density at radius 3 is 2.78 bits per heavy atom. The molecule has 0 saturated carbocycles. The summed E-state index contributed by atoms with van der Waals surface area (Å²) in [7, 11) is 3.82. The molecule has 3 N–H and O–H groups in total. The van der Waals surface area contributed by atoms with Crippen LogP contribution < -0.4 is 15.0 Å². The number of hydrogen-bond acceptors (Lipinski definition) is 12. The molecule has 11 nitrogen and oxygen atoms in total. The number of aromatic nitrogens is 4. The molecule has 0 bridgehead atoms. The molecular formula is C35H36FN7O4S2. The number of aryl methyl sites for hydroxylation is 1. The van der Waals surface area contributed by atoms with E-state index in [4.69, 9.17) is 4.74 Å². The molecule has 14 heteroatoms. The van der Waals surface area contributed by atoms with E-state index < -0.39 is 11.8 Å². The van der Waals surface area contributed by atoms with Crippen molar-refractivity contribution in [2.75, 3.05) is 50.6 Å². The van der Waals surface area contributed by atoms with Crippen molar-refractivity contribution in [2.24, 2.45) is 5.92 Å². The maximum atomic E-state index is 14.7. The van der Waals surface area contributed by atoms with Gasteiger partial charge in [0.05, 0.1) is 23.4 Å². The number of nitrogens with one attached hydrogen (secondary N) is 1. The lowest BCUT2D eigenvalue weighted by atomic mass is 9.90. The van der Waals surface area contributed by atoms with E-state index in [1.54, 1.807) is 12.1 Å². The van der Waals surface area contributed by atoms with Crippen molar-refractivity contribution in [3.63, 3.8) is 0 Å². The Balaban J connectivity index is 1.18. The van der Waals surface area contributed by atoms with Gasteiger partial charge in [-0.2, -0.15) is 0 Å². The molecule has 0 unspecified atom stereocenters. The highest BCUT2D eigenvalue weighted by Gasteiger charge is 2.32. The molecule has 1 atom stereocenters. The monoisotopic (exact) mass is 701 g/mol. The third-order valence-corrected chi connectivity index (χ3v) is 10.1. The van der Waals surface area contributed by atoms with Gasteiger partial charge in [0, 0.05) is 34.7 Å². The average molecular weight is 702 g/mol. The average Bonchev–Trinajstić information content (AvgIpc) is 3.69. The minimum Gasteiger partial charge on any atom is -0.491 e. The molecule has 0 amide bonds. The lowest BCUT2D eigenvalue weighted by Gasteiger charge is -2.34. The Bertz CT molecular complexity index is 2000. The number of thiazole rings is 2. The number of anilines is 4. The minimum absolute atomic E-state index is 0.0267. The van der Waals surface area contributed by atoms with Gasteiger partial charge in [-0.15, -0.1) is 21.5 Å². The number of aromatic carboxylic acids is 1. The molecule has 0 saturated heterocycles. The number of benzene rings is 2. The number of aliphatic hydroxyl groups excluding tert-OH is 1. The van der Waals surface area contributed by atoms with Crippen LogP contribution in [0.4, 0.5) is 26.3 Å². The van der Waals surface area contributed by atoms with Gasteiger partial charge in [-0.25, -0.2) is 19.2 Å². The number of para-hydroxylation sites is 1. The van der Waals surface area contributed by atoms with Crippen molar-refractivity contribution in [1.82, 2.24) is 25.1 Å². The fourth-order valence-electron chi connectivity index (χ4n) is 5.59. The molecule has 2 aromatic carbocycles. The lowest BCUT2D eigenvalue weighted by molar-refractivity contribution is 0.0690. The molecule has 49 heavy (non-hydrogen) atoms. The zero-order chi connectivity index (χ0) is 34.5. The summed E-state index contributed by atoms with van der Waals surface area (Å²) in [5, 5.41) is 33.5. The molecule has 1 aliphatic rings. The van der Waals surface area contributed by atoms with Gasteiger partial charge < -0.3 is 25.2 Å². The van der Waals surface area contributed by atoms with Crippen LogP contribution >= 0.6 is 22.7 Å². The van der Waals surface area contributed by atoms with Gasteiger partial charge in [-0.05, 0) is 83.0 Å². The first-order chi connectivity index (χ1) is 23.7. The smallest absolute Gasteiger partial charge is 0.355 e.